The average Bonchev–Trinajstić information content (AvgIpc) is 3.14. The normalized spacial score (nSPS) is 11.1. The zero-order valence-corrected chi connectivity index (χ0v) is 18.2. The van der Waals surface area contributed by atoms with Gasteiger partial charge in [0.2, 0.25) is 5.91 Å². The molecule has 0 radical (unpaired) electrons. The van der Waals surface area contributed by atoms with Gasteiger partial charge in [-0.1, -0.05) is 52.9 Å². The van der Waals surface area contributed by atoms with Gasteiger partial charge in [0.25, 0.3) is 0 Å². The lowest BCUT2D eigenvalue weighted by Crippen LogP contribution is -2.16. The van der Waals surface area contributed by atoms with Gasteiger partial charge in [0.1, 0.15) is 17.2 Å². The summed E-state index contributed by atoms with van der Waals surface area (Å²) in [5.74, 6) is -0.280. The second kappa shape index (κ2) is 8.81. The minimum absolute atomic E-state index is 0.134. The van der Waals surface area contributed by atoms with Crippen molar-refractivity contribution in [2.75, 3.05) is 11.1 Å². The van der Waals surface area contributed by atoms with Crippen molar-refractivity contribution in [3.8, 4) is 0 Å². The Morgan fingerprint density at radius 1 is 1.13 bits per heavy atom. The van der Waals surface area contributed by atoms with Gasteiger partial charge in [-0.2, -0.15) is 0 Å². The lowest BCUT2D eigenvalue weighted by molar-refractivity contribution is -0.113. The van der Waals surface area contributed by atoms with Crippen molar-refractivity contribution in [3.63, 3.8) is 0 Å². The molecule has 4 aromatic rings. The fourth-order valence-corrected chi connectivity index (χ4v) is 4.19. The first kappa shape index (κ1) is 20.9. The minimum Gasteiger partial charge on any atom is -0.325 e. The number of thioether (sulfide) groups is 1. The number of hydrogen-bond donors (Lipinski definition) is 1. The number of hydrogen-bond acceptors (Lipinski definition) is 6. The predicted molar refractivity (Wildman–Crippen MR) is 119 cm³/mol. The molecular weight excluding hydrogens is 415 g/mol. The molecule has 0 saturated heterocycles. The van der Waals surface area contributed by atoms with Crippen LogP contribution in [0.4, 0.5) is 10.1 Å². The molecule has 1 amide bonds. The summed E-state index contributed by atoms with van der Waals surface area (Å²) in [5.41, 5.74) is 5.51. The summed E-state index contributed by atoms with van der Waals surface area (Å²) in [6.07, 6.45) is 1.40. The van der Waals surface area contributed by atoms with Crippen molar-refractivity contribution in [2.45, 2.75) is 32.3 Å². The highest BCUT2D eigenvalue weighted by Crippen LogP contribution is 2.25. The van der Waals surface area contributed by atoms with Crippen molar-refractivity contribution in [2.24, 2.45) is 0 Å². The maximum absolute atomic E-state index is 14.0. The summed E-state index contributed by atoms with van der Waals surface area (Å²) < 4.78 is 15.5. The molecule has 0 spiro atoms. The average molecular weight is 437 g/mol. The van der Waals surface area contributed by atoms with Gasteiger partial charge in [0.15, 0.2) is 11.2 Å². The van der Waals surface area contributed by atoms with Crippen LogP contribution in [0, 0.1) is 26.6 Å². The molecule has 0 bridgehead atoms. The third-order valence-electron chi connectivity index (χ3n) is 4.83. The number of carbonyl (C=O) groups is 1. The topological polar surface area (TPSA) is 85.6 Å². The zero-order valence-electron chi connectivity index (χ0n) is 17.4. The van der Waals surface area contributed by atoms with Gasteiger partial charge in [-0.05, 0) is 38.0 Å². The van der Waals surface area contributed by atoms with E-state index in [2.05, 4.69) is 25.6 Å². The van der Waals surface area contributed by atoms with Crippen LogP contribution < -0.4 is 5.32 Å². The van der Waals surface area contributed by atoms with E-state index in [1.165, 1.54) is 28.8 Å². The van der Waals surface area contributed by atoms with E-state index in [4.69, 9.17) is 0 Å². The number of nitrogens with one attached hydrogen (secondary N) is 1. The standard InChI is InChI=1S/C22H21FN6OS/c1-13-8-14(2)19(15(3)9-13)26-18(30)11-31-22-20-21(24-12-25-22)29(28-27-20)10-16-6-4-5-7-17(16)23/h4-9,12H,10-11H2,1-3H3,(H,26,30). The number of amides is 1. The largest absolute Gasteiger partial charge is 0.325 e. The SMILES string of the molecule is Cc1cc(C)c(NC(=O)CSc2ncnc3c2nnn3Cc2ccccc2F)c(C)c1. The van der Waals surface area contributed by atoms with E-state index < -0.39 is 0 Å². The number of nitrogens with zero attached hydrogens (tertiary/aromatic N) is 5. The minimum atomic E-state index is -0.312. The first-order valence-electron chi connectivity index (χ1n) is 9.70. The van der Waals surface area contributed by atoms with E-state index in [-0.39, 0.29) is 24.0 Å². The van der Waals surface area contributed by atoms with Crippen LogP contribution in [0.3, 0.4) is 0 Å². The van der Waals surface area contributed by atoms with Crippen LogP contribution >= 0.6 is 11.8 Å². The molecule has 0 saturated carbocycles. The number of aromatic nitrogens is 5. The summed E-state index contributed by atoms with van der Waals surface area (Å²) in [6.45, 7) is 6.19. The van der Waals surface area contributed by atoms with Gasteiger partial charge < -0.3 is 5.32 Å². The molecule has 4 rings (SSSR count). The second-order valence-electron chi connectivity index (χ2n) is 7.30. The third-order valence-corrected chi connectivity index (χ3v) is 5.80. The molecule has 0 aliphatic heterocycles. The molecule has 0 unspecified atom stereocenters. The van der Waals surface area contributed by atoms with Crippen molar-refractivity contribution < 1.29 is 9.18 Å². The summed E-state index contributed by atoms with van der Waals surface area (Å²) in [6, 6.07) is 10.6. The molecule has 0 fully saturated rings. The number of fused-ring (bicyclic) bond motifs is 1. The smallest absolute Gasteiger partial charge is 0.234 e. The number of rotatable bonds is 6. The fraction of sp³-hybridized carbons (Fsp3) is 0.227. The summed E-state index contributed by atoms with van der Waals surface area (Å²) in [7, 11) is 0. The quantitative estimate of drug-likeness (QED) is 0.362. The van der Waals surface area contributed by atoms with Crippen molar-refractivity contribution in [1.29, 1.82) is 0 Å². The molecule has 1 N–H and O–H groups in total. The Hall–Kier alpha value is -3.33. The Bertz CT molecular complexity index is 1250. The Morgan fingerprint density at radius 3 is 2.61 bits per heavy atom. The van der Waals surface area contributed by atoms with E-state index in [0.29, 0.717) is 21.8 Å². The number of aryl methyl sites for hydroxylation is 3. The maximum Gasteiger partial charge on any atom is 0.234 e. The first-order chi connectivity index (χ1) is 14.9. The summed E-state index contributed by atoms with van der Waals surface area (Å²) >= 11 is 1.26. The lowest BCUT2D eigenvalue weighted by atomic mass is 10.1. The molecule has 0 aliphatic carbocycles. The van der Waals surface area contributed by atoms with Crippen LogP contribution in [0.15, 0.2) is 47.8 Å². The number of benzene rings is 2. The molecule has 7 nitrogen and oxygen atoms in total. The van der Waals surface area contributed by atoms with E-state index in [1.807, 2.05) is 32.9 Å². The van der Waals surface area contributed by atoms with E-state index in [9.17, 15) is 9.18 Å². The Kier molecular flexibility index (Phi) is 5.94. The number of anilines is 1. The molecular formula is C22H21FN6OS. The van der Waals surface area contributed by atoms with Crippen LogP contribution in [-0.2, 0) is 11.3 Å². The van der Waals surface area contributed by atoms with E-state index >= 15 is 0 Å². The fourth-order valence-electron chi connectivity index (χ4n) is 3.46. The molecule has 2 aromatic carbocycles. The third kappa shape index (κ3) is 4.56. The van der Waals surface area contributed by atoms with Gasteiger partial charge in [-0.25, -0.2) is 19.0 Å². The number of halogens is 1. The monoisotopic (exact) mass is 436 g/mol. The van der Waals surface area contributed by atoms with E-state index in [0.717, 1.165) is 22.4 Å². The summed E-state index contributed by atoms with van der Waals surface area (Å²) in [5, 5.41) is 11.8. The highest BCUT2D eigenvalue weighted by atomic mass is 32.2. The molecule has 2 aromatic heterocycles. The van der Waals surface area contributed by atoms with Crippen molar-refractivity contribution >= 4 is 34.5 Å². The zero-order chi connectivity index (χ0) is 22.0. The van der Waals surface area contributed by atoms with Gasteiger partial charge >= 0.3 is 0 Å². The molecule has 2 heterocycles. The van der Waals surface area contributed by atoms with Gasteiger partial charge in [0.05, 0.1) is 12.3 Å². The first-order valence-corrected chi connectivity index (χ1v) is 10.7. The highest BCUT2D eigenvalue weighted by molar-refractivity contribution is 8.00. The van der Waals surface area contributed by atoms with Crippen molar-refractivity contribution in [1.82, 2.24) is 25.0 Å². The van der Waals surface area contributed by atoms with Crippen LogP contribution in [-0.4, -0.2) is 36.6 Å². The second-order valence-corrected chi connectivity index (χ2v) is 8.26. The lowest BCUT2D eigenvalue weighted by Gasteiger charge is -2.12. The van der Waals surface area contributed by atoms with Crippen LogP contribution in [0.1, 0.15) is 22.3 Å². The Balaban J connectivity index is 1.49. The highest BCUT2D eigenvalue weighted by Gasteiger charge is 2.15. The molecule has 0 aliphatic rings. The van der Waals surface area contributed by atoms with Crippen LogP contribution in [0.25, 0.3) is 11.2 Å². The van der Waals surface area contributed by atoms with E-state index in [1.54, 1.807) is 18.2 Å². The maximum atomic E-state index is 14.0. The molecule has 158 valence electrons. The van der Waals surface area contributed by atoms with Crippen LogP contribution in [0.5, 0.6) is 0 Å². The Morgan fingerprint density at radius 2 is 1.87 bits per heavy atom. The van der Waals surface area contributed by atoms with Crippen molar-refractivity contribution in [3.05, 3.63) is 70.8 Å². The predicted octanol–water partition coefficient (Wildman–Crippen LogP) is 4.06. The van der Waals surface area contributed by atoms with Gasteiger partial charge in [-0.3, -0.25) is 4.79 Å². The molecule has 9 heteroatoms. The van der Waals surface area contributed by atoms with Crippen LogP contribution in [0.2, 0.25) is 0 Å². The van der Waals surface area contributed by atoms with Gasteiger partial charge in [0, 0.05) is 11.3 Å². The number of carbonyl (C=O) groups excluding carboxylic acids is 1. The summed E-state index contributed by atoms with van der Waals surface area (Å²) in [4.78, 5) is 21.0. The molecule has 0 atom stereocenters. The van der Waals surface area contributed by atoms with Gasteiger partial charge in [-0.15, -0.1) is 5.10 Å². The Labute approximate surface area is 183 Å². The molecule has 31 heavy (non-hydrogen) atoms.